The molecule has 1 heterocycles. The molecule has 0 radical (unpaired) electrons. The van der Waals surface area contributed by atoms with Gasteiger partial charge in [0.2, 0.25) is 5.91 Å². The van der Waals surface area contributed by atoms with Crippen LogP contribution >= 0.6 is 11.6 Å². The normalized spacial score (nSPS) is 11.5. The largest absolute Gasteiger partial charge is 0.337 e. The lowest BCUT2D eigenvalue weighted by Gasteiger charge is -2.07. The van der Waals surface area contributed by atoms with Crippen LogP contribution in [-0.4, -0.2) is 18.9 Å². The molecule has 0 fully saturated rings. The summed E-state index contributed by atoms with van der Waals surface area (Å²) in [6.45, 7) is -0.0603. The van der Waals surface area contributed by atoms with Crippen LogP contribution in [0.25, 0.3) is 10.9 Å². The van der Waals surface area contributed by atoms with E-state index in [1.807, 2.05) is 0 Å². The van der Waals surface area contributed by atoms with Crippen LogP contribution < -0.4 is 5.32 Å². The van der Waals surface area contributed by atoms with Gasteiger partial charge in [0, 0.05) is 27.8 Å². The number of carbonyl (C=O) groups excluding carboxylic acids is 1. The molecule has 0 unspecified atom stereocenters. The van der Waals surface area contributed by atoms with E-state index >= 15 is 0 Å². The standard InChI is InChI=1S/C23H18ClFN2O3S/c24-17-7-11-19(12-8-17)26-23(28)14-27-13-22(20-3-1-2-4-21(20)27)31(29,30)15-16-5-9-18(25)10-6-16/h1-13H,14-15H2,(H,26,28). The number of sulfone groups is 1. The molecule has 0 saturated carbocycles. The van der Waals surface area contributed by atoms with E-state index in [2.05, 4.69) is 5.32 Å². The van der Waals surface area contributed by atoms with Gasteiger partial charge in [-0.05, 0) is 48.0 Å². The fraction of sp³-hybridized carbons (Fsp3) is 0.0870. The summed E-state index contributed by atoms with van der Waals surface area (Å²) in [6.07, 6.45) is 1.48. The summed E-state index contributed by atoms with van der Waals surface area (Å²) in [5, 5.41) is 3.86. The first-order valence-corrected chi connectivity index (χ1v) is 11.5. The molecule has 1 aromatic heterocycles. The Morgan fingerprint density at radius 2 is 1.65 bits per heavy atom. The van der Waals surface area contributed by atoms with Crippen molar-refractivity contribution in [3.8, 4) is 0 Å². The first kappa shape index (κ1) is 21.1. The highest BCUT2D eigenvalue weighted by Crippen LogP contribution is 2.28. The minimum absolute atomic E-state index is 0.0603. The van der Waals surface area contributed by atoms with Gasteiger partial charge in [-0.15, -0.1) is 0 Å². The van der Waals surface area contributed by atoms with E-state index in [1.54, 1.807) is 53.1 Å². The highest BCUT2D eigenvalue weighted by Gasteiger charge is 2.22. The highest BCUT2D eigenvalue weighted by molar-refractivity contribution is 7.90. The summed E-state index contributed by atoms with van der Waals surface area (Å²) >= 11 is 5.86. The van der Waals surface area contributed by atoms with Crippen molar-refractivity contribution < 1.29 is 17.6 Å². The average molecular weight is 457 g/mol. The maximum absolute atomic E-state index is 13.2. The smallest absolute Gasteiger partial charge is 0.244 e. The monoisotopic (exact) mass is 456 g/mol. The Kier molecular flexibility index (Phi) is 5.80. The van der Waals surface area contributed by atoms with Gasteiger partial charge in [0.25, 0.3) is 0 Å². The molecule has 0 saturated heterocycles. The number of para-hydroxylation sites is 1. The van der Waals surface area contributed by atoms with Gasteiger partial charge in [-0.3, -0.25) is 4.79 Å². The van der Waals surface area contributed by atoms with Crippen molar-refractivity contribution in [1.82, 2.24) is 4.57 Å². The van der Waals surface area contributed by atoms with Crippen molar-refractivity contribution in [2.45, 2.75) is 17.2 Å². The van der Waals surface area contributed by atoms with Gasteiger partial charge in [0.15, 0.2) is 9.84 Å². The van der Waals surface area contributed by atoms with Crippen LogP contribution in [0.2, 0.25) is 5.02 Å². The van der Waals surface area contributed by atoms with E-state index in [9.17, 15) is 17.6 Å². The van der Waals surface area contributed by atoms with E-state index in [4.69, 9.17) is 11.6 Å². The van der Waals surface area contributed by atoms with E-state index in [-0.39, 0.29) is 23.1 Å². The number of anilines is 1. The zero-order chi connectivity index (χ0) is 22.0. The molecular formula is C23H18ClFN2O3S. The Hall–Kier alpha value is -3.16. The number of carbonyl (C=O) groups is 1. The summed E-state index contributed by atoms with van der Waals surface area (Å²) < 4.78 is 41.0. The molecule has 158 valence electrons. The van der Waals surface area contributed by atoms with E-state index in [0.29, 0.717) is 27.2 Å². The summed E-state index contributed by atoms with van der Waals surface area (Å²) in [5.41, 5.74) is 1.71. The number of aromatic nitrogens is 1. The zero-order valence-electron chi connectivity index (χ0n) is 16.3. The third-order valence-corrected chi connectivity index (χ3v) is 6.76. The van der Waals surface area contributed by atoms with Gasteiger partial charge in [-0.2, -0.15) is 0 Å². The number of nitrogens with one attached hydrogen (secondary N) is 1. The lowest BCUT2D eigenvalue weighted by Crippen LogP contribution is -2.18. The molecule has 0 atom stereocenters. The molecular weight excluding hydrogens is 439 g/mol. The Balaban J connectivity index is 1.63. The van der Waals surface area contributed by atoms with E-state index in [0.717, 1.165) is 0 Å². The second kappa shape index (κ2) is 8.53. The molecule has 3 aromatic carbocycles. The van der Waals surface area contributed by atoms with Gasteiger partial charge in [-0.1, -0.05) is 41.9 Å². The first-order chi connectivity index (χ1) is 14.8. The molecule has 4 rings (SSSR count). The average Bonchev–Trinajstić information content (AvgIpc) is 3.11. The van der Waals surface area contributed by atoms with Crippen molar-refractivity contribution in [1.29, 1.82) is 0 Å². The minimum atomic E-state index is -3.72. The molecule has 0 bridgehead atoms. The number of hydrogen-bond donors (Lipinski definition) is 1. The highest BCUT2D eigenvalue weighted by atomic mass is 35.5. The fourth-order valence-electron chi connectivity index (χ4n) is 3.36. The van der Waals surface area contributed by atoms with Crippen LogP contribution in [0.4, 0.5) is 10.1 Å². The molecule has 0 aliphatic rings. The molecule has 8 heteroatoms. The molecule has 5 nitrogen and oxygen atoms in total. The SMILES string of the molecule is O=C(Cn1cc(S(=O)(=O)Cc2ccc(F)cc2)c2ccccc21)Nc1ccc(Cl)cc1. The van der Waals surface area contributed by atoms with Crippen LogP contribution in [0.15, 0.2) is 83.9 Å². The zero-order valence-corrected chi connectivity index (χ0v) is 17.8. The van der Waals surface area contributed by atoms with Crippen molar-refractivity contribution in [3.63, 3.8) is 0 Å². The number of halogens is 2. The van der Waals surface area contributed by atoms with E-state index in [1.165, 1.54) is 30.5 Å². The Labute approximate surface area is 184 Å². The molecule has 31 heavy (non-hydrogen) atoms. The van der Waals surface area contributed by atoms with Crippen molar-refractivity contribution in [2.75, 3.05) is 5.32 Å². The lowest BCUT2D eigenvalue weighted by atomic mass is 10.2. The predicted octanol–water partition coefficient (Wildman–Crippen LogP) is 5.05. The minimum Gasteiger partial charge on any atom is -0.337 e. The van der Waals surface area contributed by atoms with Crippen molar-refractivity contribution in [3.05, 3.63) is 95.4 Å². The van der Waals surface area contributed by atoms with Crippen molar-refractivity contribution in [2.24, 2.45) is 0 Å². The second-order valence-electron chi connectivity index (χ2n) is 7.08. The first-order valence-electron chi connectivity index (χ1n) is 9.42. The van der Waals surface area contributed by atoms with Crippen LogP contribution in [-0.2, 0) is 26.9 Å². The number of amides is 1. The molecule has 1 amide bonds. The quantitative estimate of drug-likeness (QED) is 0.441. The number of rotatable bonds is 6. The van der Waals surface area contributed by atoms with Crippen molar-refractivity contribution >= 4 is 43.9 Å². The van der Waals surface area contributed by atoms with Crippen LogP contribution in [0.5, 0.6) is 0 Å². The van der Waals surface area contributed by atoms with E-state index < -0.39 is 15.7 Å². The number of fused-ring (bicyclic) bond motifs is 1. The van der Waals surface area contributed by atoms with Crippen LogP contribution in [0, 0.1) is 5.82 Å². The lowest BCUT2D eigenvalue weighted by molar-refractivity contribution is -0.116. The fourth-order valence-corrected chi connectivity index (χ4v) is 5.07. The third kappa shape index (κ3) is 4.78. The molecule has 4 aromatic rings. The van der Waals surface area contributed by atoms with Crippen LogP contribution in [0.3, 0.4) is 0 Å². The Bertz CT molecular complexity index is 1350. The Morgan fingerprint density at radius 1 is 0.968 bits per heavy atom. The van der Waals surface area contributed by atoms with Gasteiger partial charge in [0.05, 0.1) is 10.6 Å². The van der Waals surface area contributed by atoms with Gasteiger partial charge < -0.3 is 9.88 Å². The molecule has 1 N–H and O–H groups in total. The maximum Gasteiger partial charge on any atom is 0.244 e. The summed E-state index contributed by atoms with van der Waals surface area (Å²) in [4.78, 5) is 12.7. The van der Waals surface area contributed by atoms with Crippen LogP contribution in [0.1, 0.15) is 5.56 Å². The number of nitrogens with zero attached hydrogens (tertiary/aromatic N) is 1. The maximum atomic E-state index is 13.2. The molecule has 0 spiro atoms. The predicted molar refractivity (Wildman–Crippen MR) is 119 cm³/mol. The second-order valence-corrected chi connectivity index (χ2v) is 9.47. The topological polar surface area (TPSA) is 68.2 Å². The summed E-state index contributed by atoms with van der Waals surface area (Å²) in [6, 6.07) is 19.1. The Morgan fingerprint density at radius 3 is 2.35 bits per heavy atom. The molecule has 0 aliphatic heterocycles. The number of benzene rings is 3. The molecule has 0 aliphatic carbocycles. The van der Waals surface area contributed by atoms with Gasteiger partial charge >= 0.3 is 0 Å². The summed E-state index contributed by atoms with van der Waals surface area (Å²) in [7, 11) is -3.72. The third-order valence-electron chi connectivity index (χ3n) is 4.80. The van der Waals surface area contributed by atoms with Gasteiger partial charge in [-0.25, -0.2) is 12.8 Å². The number of hydrogen-bond acceptors (Lipinski definition) is 3. The van der Waals surface area contributed by atoms with Gasteiger partial charge in [0.1, 0.15) is 12.4 Å². The summed E-state index contributed by atoms with van der Waals surface area (Å²) in [5.74, 6) is -0.992.